The second-order valence-electron chi connectivity index (χ2n) is 7.45. The summed E-state index contributed by atoms with van der Waals surface area (Å²) in [6, 6.07) is 8.97. The van der Waals surface area contributed by atoms with Gasteiger partial charge in [-0.05, 0) is 30.7 Å². The van der Waals surface area contributed by atoms with Gasteiger partial charge in [0.15, 0.2) is 0 Å². The number of aromatic carboxylic acids is 1. The van der Waals surface area contributed by atoms with E-state index < -0.39 is 5.97 Å². The van der Waals surface area contributed by atoms with E-state index in [4.69, 9.17) is 5.26 Å². The van der Waals surface area contributed by atoms with Crippen LogP contribution < -0.4 is 10.2 Å². The van der Waals surface area contributed by atoms with E-state index in [9.17, 15) is 14.7 Å². The number of hydrogen-bond donors (Lipinski definition) is 2. The van der Waals surface area contributed by atoms with Gasteiger partial charge in [-0.15, -0.1) is 0 Å². The highest BCUT2D eigenvalue weighted by Gasteiger charge is 2.21. The van der Waals surface area contributed by atoms with Crippen molar-refractivity contribution in [3.8, 4) is 6.07 Å². The van der Waals surface area contributed by atoms with Crippen LogP contribution in [0.25, 0.3) is 10.9 Å². The lowest BCUT2D eigenvalue weighted by molar-refractivity contribution is -0.116. The third kappa shape index (κ3) is 5.24. The van der Waals surface area contributed by atoms with Gasteiger partial charge in [-0.1, -0.05) is 13.3 Å². The van der Waals surface area contributed by atoms with Crippen LogP contribution in [0.3, 0.4) is 0 Å². The predicted octanol–water partition coefficient (Wildman–Crippen LogP) is 3.10. The van der Waals surface area contributed by atoms with Crippen molar-refractivity contribution in [1.82, 2.24) is 9.88 Å². The number of piperazine rings is 1. The number of unbranched alkanes of at least 4 members (excludes halogenated alkanes) is 1. The molecule has 0 aliphatic carbocycles. The lowest BCUT2D eigenvalue weighted by Gasteiger charge is -2.35. The molecular formula is C22H27N5O3. The Hall–Kier alpha value is -3.18. The van der Waals surface area contributed by atoms with Crippen LogP contribution in [0.5, 0.6) is 0 Å². The van der Waals surface area contributed by atoms with Crippen LogP contribution in [0.15, 0.2) is 24.3 Å². The number of nitrogens with zero attached hydrogens (tertiary/aromatic N) is 4. The number of carbonyl (C=O) groups is 2. The number of amides is 1. The average molecular weight is 409 g/mol. The molecule has 2 N–H and O–H groups in total. The summed E-state index contributed by atoms with van der Waals surface area (Å²) >= 11 is 0. The number of carbonyl (C=O) groups excluding carboxylic acids is 1. The summed E-state index contributed by atoms with van der Waals surface area (Å²) in [7, 11) is 0. The van der Waals surface area contributed by atoms with Gasteiger partial charge in [-0.3, -0.25) is 9.69 Å². The van der Waals surface area contributed by atoms with Crippen LogP contribution in [0.4, 0.5) is 11.5 Å². The standard InChI is InChI=1S/C22H27N5O3/c1-2-3-5-21(28)24-16-6-7-19-17(14-16)18(22(29)30)15-20(25-19)27-12-10-26(11-13-27)9-4-8-23/h6-7,14-15H,2-5,9-13H2,1H3,(H,24,28)(H,29,30). The first-order valence-electron chi connectivity index (χ1n) is 10.3. The number of carboxylic acids is 1. The number of nitrogens with one attached hydrogen (secondary N) is 1. The Morgan fingerprint density at radius 3 is 2.67 bits per heavy atom. The van der Waals surface area contributed by atoms with Gasteiger partial charge in [0.1, 0.15) is 5.82 Å². The Morgan fingerprint density at radius 1 is 1.23 bits per heavy atom. The van der Waals surface area contributed by atoms with E-state index in [-0.39, 0.29) is 11.5 Å². The molecule has 30 heavy (non-hydrogen) atoms. The SMILES string of the molecule is CCCCC(=O)Nc1ccc2nc(N3CCN(CCC#N)CC3)cc(C(=O)O)c2c1. The molecule has 0 saturated carbocycles. The van der Waals surface area contributed by atoms with Crippen molar-refractivity contribution in [3.05, 3.63) is 29.8 Å². The molecule has 1 fully saturated rings. The summed E-state index contributed by atoms with van der Waals surface area (Å²) in [5, 5.41) is 21.8. The summed E-state index contributed by atoms with van der Waals surface area (Å²) in [4.78, 5) is 32.9. The maximum Gasteiger partial charge on any atom is 0.336 e. The van der Waals surface area contributed by atoms with Crippen molar-refractivity contribution < 1.29 is 14.7 Å². The third-order valence-corrected chi connectivity index (χ3v) is 5.30. The van der Waals surface area contributed by atoms with Crippen molar-refractivity contribution in [2.45, 2.75) is 32.6 Å². The fraction of sp³-hybridized carbons (Fsp3) is 0.455. The molecular weight excluding hydrogens is 382 g/mol. The number of benzene rings is 1. The highest BCUT2D eigenvalue weighted by molar-refractivity contribution is 6.05. The summed E-state index contributed by atoms with van der Waals surface area (Å²) in [5.74, 6) is -0.461. The van der Waals surface area contributed by atoms with Gasteiger partial charge in [0.05, 0.1) is 17.1 Å². The van der Waals surface area contributed by atoms with Gasteiger partial charge in [0, 0.05) is 56.6 Å². The maximum atomic E-state index is 12.0. The van der Waals surface area contributed by atoms with Gasteiger partial charge >= 0.3 is 5.97 Å². The molecule has 2 heterocycles. The molecule has 0 unspecified atom stereocenters. The van der Waals surface area contributed by atoms with Crippen LogP contribution in [0, 0.1) is 11.3 Å². The summed E-state index contributed by atoms with van der Waals surface area (Å²) in [5.41, 5.74) is 1.33. The van der Waals surface area contributed by atoms with Gasteiger partial charge in [0.2, 0.25) is 5.91 Å². The molecule has 1 amide bonds. The molecule has 2 aromatic rings. The van der Waals surface area contributed by atoms with Crippen LogP contribution in [0.1, 0.15) is 43.0 Å². The molecule has 1 aromatic heterocycles. The van der Waals surface area contributed by atoms with Crippen molar-refractivity contribution in [1.29, 1.82) is 5.26 Å². The van der Waals surface area contributed by atoms with E-state index in [1.165, 1.54) is 0 Å². The van der Waals surface area contributed by atoms with E-state index in [0.717, 1.165) is 45.6 Å². The smallest absolute Gasteiger partial charge is 0.336 e. The Labute approximate surface area is 176 Å². The number of hydrogen-bond acceptors (Lipinski definition) is 6. The number of carboxylic acid groups (broad SMARTS) is 1. The van der Waals surface area contributed by atoms with Crippen LogP contribution >= 0.6 is 0 Å². The zero-order valence-corrected chi connectivity index (χ0v) is 17.2. The molecule has 0 spiro atoms. The fourth-order valence-corrected chi connectivity index (χ4v) is 3.60. The normalized spacial score (nSPS) is 14.5. The molecule has 0 radical (unpaired) electrons. The molecule has 3 rings (SSSR count). The molecule has 8 nitrogen and oxygen atoms in total. The van der Waals surface area contributed by atoms with Crippen molar-refractivity contribution in [2.24, 2.45) is 0 Å². The quantitative estimate of drug-likeness (QED) is 0.689. The molecule has 8 heteroatoms. The predicted molar refractivity (Wildman–Crippen MR) is 116 cm³/mol. The first-order chi connectivity index (χ1) is 14.5. The topological polar surface area (TPSA) is 110 Å². The molecule has 1 aromatic carbocycles. The summed E-state index contributed by atoms with van der Waals surface area (Å²) in [6.07, 6.45) is 2.70. The van der Waals surface area contributed by atoms with Crippen molar-refractivity contribution >= 4 is 34.3 Å². The minimum Gasteiger partial charge on any atom is -0.478 e. The van der Waals surface area contributed by atoms with Crippen LogP contribution in [0.2, 0.25) is 0 Å². The maximum absolute atomic E-state index is 12.0. The fourth-order valence-electron chi connectivity index (χ4n) is 3.60. The zero-order chi connectivity index (χ0) is 21.5. The number of anilines is 2. The minimum absolute atomic E-state index is 0.0769. The summed E-state index contributed by atoms with van der Waals surface area (Å²) < 4.78 is 0. The molecule has 158 valence electrons. The zero-order valence-electron chi connectivity index (χ0n) is 17.2. The average Bonchev–Trinajstić information content (AvgIpc) is 2.75. The number of aromatic nitrogens is 1. The number of nitriles is 1. The van der Waals surface area contributed by atoms with Crippen LogP contribution in [-0.4, -0.2) is 59.6 Å². The first-order valence-corrected chi connectivity index (χ1v) is 10.3. The van der Waals surface area contributed by atoms with Gasteiger partial charge in [-0.25, -0.2) is 9.78 Å². The lowest BCUT2D eigenvalue weighted by Crippen LogP contribution is -2.46. The Balaban J connectivity index is 1.82. The third-order valence-electron chi connectivity index (χ3n) is 5.30. The van der Waals surface area contributed by atoms with E-state index >= 15 is 0 Å². The summed E-state index contributed by atoms with van der Waals surface area (Å²) in [6.45, 7) is 5.86. The Morgan fingerprint density at radius 2 is 2.00 bits per heavy atom. The Bertz CT molecular complexity index is 961. The van der Waals surface area contributed by atoms with E-state index in [0.29, 0.717) is 35.2 Å². The van der Waals surface area contributed by atoms with Gasteiger partial charge in [0.25, 0.3) is 0 Å². The molecule has 1 saturated heterocycles. The molecule has 1 aliphatic heterocycles. The number of fused-ring (bicyclic) bond motifs is 1. The Kier molecular flexibility index (Phi) is 7.20. The highest BCUT2D eigenvalue weighted by atomic mass is 16.4. The largest absolute Gasteiger partial charge is 0.478 e. The second-order valence-corrected chi connectivity index (χ2v) is 7.45. The van der Waals surface area contributed by atoms with E-state index in [1.54, 1.807) is 24.3 Å². The van der Waals surface area contributed by atoms with E-state index in [1.807, 2.05) is 6.92 Å². The second kappa shape index (κ2) is 10.0. The highest BCUT2D eigenvalue weighted by Crippen LogP contribution is 2.27. The lowest BCUT2D eigenvalue weighted by atomic mass is 10.1. The van der Waals surface area contributed by atoms with E-state index in [2.05, 4.69) is 26.2 Å². The molecule has 0 bridgehead atoms. The van der Waals surface area contributed by atoms with Crippen LogP contribution in [-0.2, 0) is 4.79 Å². The van der Waals surface area contributed by atoms with Crippen molar-refractivity contribution in [2.75, 3.05) is 42.9 Å². The molecule has 0 atom stereocenters. The number of rotatable bonds is 8. The van der Waals surface area contributed by atoms with Gasteiger partial charge < -0.3 is 15.3 Å². The van der Waals surface area contributed by atoms with Crippen molar-refractivity contribution in [3.63, 3.8) is 0 Å². The van der Waals surface area contributed by atoms with Gasteiger partial charge in [-0.2, -0.15) is 5.26 Å². The number of pyridine rings is 1. The monoisotopic (exact) mass is 409 g/mol. The first kappa shape index (κ1) is 21.5. The minimum atomic E-state index is -1.02. The molecule has 1 aliphatic rings.